The lowest BCUT2D eigenvalue weighted by Gasteiger charge is -2.27. The maximum Gasteiger partial charge on any atom is 0.329 e. The second-order valence-corrected chi connectivity index (χ2v) is 5.64. The number of aliphatic carboxylic acids is 1. The molecule has 0 radical (unpaired) electrons. The molecule has 0 bridgehead atoms. The molecule has 0 aromatic heterocycles. The van der Waals surface area contributed by atoms with Crippen molar-refractivity contribution in [3.63, 3.8) is 0 Å². The Bertz CT molecular complexity index is 521. The minimum Gasteiger partial charge on any atom is -0.480 e. The van der Waals surface area contributed by atoms with Crippen molar-refractivity contribution < 1.29 is 14.7 Å². The molecule has 0 aliphatic rings. The van der Waals surface area contributed by atoms with E-state index in [1.165, 1.54) is 6.92 Å². The normalized spacial score (nSPS) is 14.9. The second-order valence-electron chi connectivity index (χ2n) is 5.23. The topological polar surface area (TPSA) is 78.4 Å². The van der Waals surface area contributed by atoms with Crippen LogP contribution in [0, 0.1) is 0 Å². The average molecular weight is 313 g/mol. The fourth-order valence-electron chi connectivity index (χ4n) is 2.11. The quantitative estimate of drug-likeness (QED) is 0.753. The number of halogens is 1. The van der Waals surface area contributed by atoms with Gasteiger partial charge in [-0.3, -0.25) is 0 Å². The number of hydrogen-bond donors (Lipinski definition) is 3. The summed E-state index contributed by atoms with van der Waals surface area (Å²) in [7, 11) is 0. The lowest BCUT2D eigenvalue weighted by molar-refractivity contribution is -0.144. The average Bonchev–Trinajstić information content (AvgIpc) is 2.38. The van der Waals surface area contributed by atoms with Crippen LogP contribution in [0.5, 0.6) is 0 Å². The zero-order valence-electron chi connectivity index (χ0n) is 12.4. The molecule has 2 amide bonds. The molecule has 21 heavy (non-hydrogen) atoms. The summed E-state index contributed by atoms with van der Waals surface area (Å²) in [4.78, 5) is 23.3. The molecule has 0 spiro atoms. The van der Waals surface area contributed by atoms with Crippen LogP contribution in [0.1, 0.15) is 45.2 Å². The Balaban J connectivity index is 2.73. The van der Waals surface area contributed by atoms with E-state index in [4.69, 9.17) is 11.6 Å². The number of carbonyl (C=O) groups is 2. The molecular weight excluding hydrogens is 292 g/mol. The van der Waals surface area contributed by atoms with Crippen molar-refractivity contribution >= 4 is 23.6 Å². The molecule has 2 unspecified atom stereocenters. The Morgan fingerprint density at radius 3 is 2.52 bits per heavy atom. The van der Waals surface area contributed by atoms with Crippen LogP contribution in [0.4, 0.5) is 4.79 Å². The van der Waals surface area contributed by atoms with Gasteiger partial charge in [-0.1, -0.05) is 43.1 Å². The summed E-state index contributed by atoms with van der Waals surface area (Å²) in [6.07, 6.45) is 1.01. The van der Waals surface area contributed by atoms with Crippen molar-refractivity contribution in [1.82, 2.24) is 10.6 Å². The molecule has 3 N–H and O–H groups in total. The van der Waals surface area contributed by atoms with Gasteiger partial charge >= 0.3 is 12.0 Å². The number of urea groups is 1. The monoisotopic (exact) mass is 312 g/mol. The molecule has 116 valence electrons. The number of carboxylic acids is 1. The van der Waals surface area contributed by atoms with Crippen LogP contribution in [0.15, 0.2) is 24.3 Å². The number of carbonyl (C=O) groups excluding carboxylic acids is 1. The van der Waals surface area contributed by atoms with Gasteiger partial charge in [0.2, 0.25) is 0 Å². The number of carboxylic acid groups (broad SMARTS) is 1. The molecular formula is C15H21ClN2O3. The zero-order valence-corrected chi connectivity index (χ0v) is 13.2. The van der Waals surface area contributed by atoms with E-state index >= 15 is 0 Å². The van der Waals surface area contributed by atoms with Crippen molar-refractivity contribution in [2.24, 2.45) is 0 Å². The third-order valence-electron chi connectivity index (χ3n) is 3.33. The van der Waals surface area contributed by atoms with E-state index in [2.05, 4.69) is 10.6 Å². The van der Waals surface area contributed by atoms with Crippen LogP contribution in [0.2, 0.25) is 5.02 Å². The lowest BCUT2D eigenvalue weighted by Crippen LogP contribution is -2.55. The molecule has 6 heteroatoms. The SMILES string of the molecule is CCCC(C)(NC(=O)NC(C)c1ccccc1Cl)C(=O)O. The van der Waals surface area contributed by atoms with Gasteiger partial charge in [-0.25, -0.2) is 9.59 Å². The molecule has 2 atom stereocenters. The molecule has 1 aromatic rings. The highest BCUT2D eigenvalue weighted by Crippen LogP contribution is 2.22. The second kappa shape index (κ2) is 7.31. The van der Waals surface area contributed by atoms with E-state index in [1.807, 2.05) is 19.1 Å². The Labute approximate surface area is 129 Å². The Hall–Kier alpha value is -1.75. The minimum absolute atomic E-state index is 0.321. The first kappa shape index (κ1) is 17.3. The first-order chi connectivity index (χ1) is 9.80. The van der Waals surface area contributed by atoms with E-state index in [9.17, 15) is 14.7 Å². The number of nitrogens with one attached hydrogen (secondary N) is 2. The van der Waals surface area contributed by atoms with Crippen LogP contribution >= 0.6 is 11.6 Å². The van der Waals surface area contributed by atoms with Crippen LogP contribution in [0.3, 0.4) is 0 Å². The predicted molar refractivity (Wildman–Crippen MR) is 82.5 cm³/mol. The maximum absolute atomic E-state index is 12.0. The Morgan fingerprint density at radius 1 is 1.38 bits per heavy atom. The summed E-state index contributed by atoms with van der Waals surface area (Å²) in [5.41, 5.74) is -0.499. The van der Waals surface area contributed by atoms with Gasteiger partial charge in [0, 0.05) is 5.02 Å². The van der Waals surface area contributed by atoms with Gasteiger partial charge < -0.3 is 15.7 Å². The fraction of sp³-hybridized carbons (Fsp3) is 0.467. The zero-order chi connectivity index (χ0) is 16.0. The van der Waals surface area contributed by atoms with Crippen molar-refractivity contribution in [2.75, 3.05) is 0 Å². The van der Waals surface area contributed by atoms with Crippen LogP contribution < -0.4 is 10.6 Å². The van der Waals surface area contributed by atoms with Gasteiger partial charge in [0.25, 0.3) is 0 Å². The minimum atomic E-state index is -1.28. The number of rotatable bonds is 6. The highest BCUT2D eigenvalue weighted by molar-refractivity contribution is 6.31. The van der Waals surface area contributed by atoms with Gasteiger partial charge in [0.15, 0.2) is 0 Å². The highest BCUT2D eigenvalue weighted by Gasteiger charge is 2.34. The predicted octanol–water partition coefficient (Wildman–Crippen LogP) is 3.34. The lowest BCUT2D eigenvalue weighted by atomic mass is 9.96. The van der Waals surface area contributed by atoms with Gasteiger partial charge in [-0.15, -0.1) is 0 Å². The van der Waals surface area contributed by atoms with Crippen LogP contribution in [-0.2, 0) is 4.79 Å². The van der Waals surface area contributed by atoms with E-state index in [0.29, 0.717) is 17.9 Å². The molecule has 0 fully saturated rings. The van der Waals surface area contributed by atoms with Crippen molar-refractivity contribution in [1.29, 1.82) is 0 Å². The van der Waals surface area contributed by atoms with E-state index in [-0.39, 0.29) is 6.04 Å². The summed E-state index contributed by atoms with van der Waals surface area (Å²) < 4.78 is 0. The van der Waals surface area contributed by atoms with Gasteiger partial charge in [-0.05, 0) is 31.9 Å². The largest absolute Gasteiger partial charge is 0.480 e. The molecule has 0 heterocycles. The third-order valence-corrected chi connectivity index (χ3v) is 3.67. The van der Waals surface area contributed by atoms with E-state index < -0.39 is 17.5 Å². The summed E-state index contributed by atoms with van der Waals surface area (Å²) >= 11 is 6.07. The number of benzene rings is 1. The molecule has 1 rings (SSSR count). The number of amides is 2. The van der Waals surface area contributed by atoms with Crippen LogP contribution in [-0.4, -0.2) is 22.6 Å². The summed E-state index contributed by atoms with van der Waals surface area (Å²) in [6, 6.07) is 6.34. The smallest absolute Gasteiger partial charge is 0.329 e. The third kappa shape index (κ3) is 4.63. The fourth-order valence-corrected chi connectivity index (χ4v) is 2.41. The first-order valence-corrected chi connectivity index (χ1v) is 7.24. The Kier molecular flexibility index (Phi) is 6.03. The molecule has 5 nitrogen and oxygen atoms in total. The highest BCUT2D eigenvalue weighted by atomic mass is 35.5. The van der Waals surface area contributed by atoms with Crippen LogP contribution in [0.25, 0.3) is 0 Å². The van der Waals surface area contributed by atoms with Crippen molar-refractivity contribution in [2.45, 2.75) is 45.2 Å². The summed E-state index contributed by atoms with van der Waals surface area (Å²) in [5, 5.41) is 15.0. The molecule has 0 saturated carbocycles. The van der Waals surface area contributed by atoms with Crippen molar-refractivity contribution in [3.8, 4) is 0 Å². The van der Waals surface area contributed by atoms with E-state index in [1.54, 1.807) is 19.1 Å². The standard InChI is InChI=1S/C15H21ClN2O3/c1-4-9-15(3,13(19)20)18-14(21)17-10(2)11-7-5-6-8-12(11)16/h5-8,10H,4,9H2,1-3H3,(H,19,20)(H2,17,18,21). The molecule has 1 aromatic carbocycles. The summed E-state index contributed by atoms with van der Waals surface area (Å²) in [6.45, 7) is 5.16. The van der Waals surface area contributed by atoms with Crippen molar-refractivity contribution in [3.05, 3.63) is 34.9 Å². The summed E-state index contributed by atoms with van der Waals surface area (Å²) in [5.74, 6) is -1.05. The maximum atomic E-state index is 12.0. The van der Waals surface area contributed by atoms with Gasteiger partial charge in [0.1, 0.15) is 5.54 Å². The van der Waals surface area contributed by atoms with E-state index in [0.717, 1.165) is 5.56 Å². The number of hydrogen-bond acceptors (Lipinski definition) is 2. The van der Waals surface area contributed by atoms with Gasteiger partial charge in [0.05, 0.1) is 6.04 Å². The Morgan fingerprint density at radius 2 is 2.00 bits per heavy atom. The molecule has 0 aliphatic carbocycles. The molecule has 0 saturated heterocycles. The van der Waals surface area contributed by atoms with Gasteiger partial charge in [-0.2, -0.15) is 0 Å². The first-order valence-electron chi connectivity index (χ1n) is 6.86. The molecule has 0 aliphatic heterocycles.